The number of ether oxygens (including phenoxy) is 1. The van der Waals surface area contributed by atoms with Gasteiger partial charge < -0.3 is 9.64 Å². The number of hydrogen-bond acceptors (Lipinski definition) is 6. The molecule has 1 atom stereocenters. The minimum absolute atomic E-state index is 0.0315. The molecular weight excluding hydrogens is 521 g/mol. The first-order valence-corrected chi connectivity index (χ1v) is 13.1. The fourth-order valence-corrected chi connectivity index (χ4v) is 5.08. The fraction of sp³-hybridized carbons (Fsp3) is 0.310. The summed E-state index contributed by atoms with van der Waals surface area (Å²) in [5.41, 5.74) is 2.26. The number of halogens is 3. The SMILES string of the molecule is COc1ccc(C(F)N(Cc2ccc(C(=O)Nc3nn[nH]n3)cc2)c2ccc(C3CCCCC3)cc2)c(F)c1F. The summed E-state index contributed by atoms with van der Waals surface area (Å²) in [7, 11) is 1.22. The van der Waals surface area contributed by atoms with E-state index in [2.05, 4.69) is 25.9 Å². The highest BCUT2D eigenvalue weighted by Gasteiger charge is 2.27. The normalized spacial score (nSPS) is 14.5. The lowest BCUT2D eigenvalue weighted by Crippen LogP contribution is -2.26. The second-order valence-electron chi connectivity index (χ2n) is 9.76. The second kappa shape index (κ2) is 12.2. The van der Waals surface area contributed by atoms with E-state index in [1.54, 1.807) is 24.3 Å². The van der Waals surface area contributed by atoms with E-state index in [9.17, 15) is 13.6 Å². The van der Waals surface area contributed by atoms with E-state index in [0.29, 0.717) is 22.7 Å². The highest BCUT2D eigenvalue weighted by molar-refractivity contribution is 6.03. The molecule has 1 unspecified atom stereocenters. The van der Waals surface area contributed by atoms with Crippen LogP contribution in [0.1, 0.15) is 71.4 Å². The molecule has 0 spiro atoms. The lowest BCUT2D eigenvalue weighted by molar-refractivity contribution is 0.102. The van der Waals surface area contributed by atoms with Gasteiger partial charge in [-0.15, -0.1) is 5.10 Å². The van der Waals surface area contributed by atoms with Crippen molar-refractivity contribution in [3.63, 3.8) is 0 Å². The number of rotatable bonds is 9. The van der Waals surface area contributed by atoms with Gasteiger partial charge in [0.1, 0.15) is 0 Å². The predicted molar refractivity (Wildman–Crippen MR) is 144 cm³/mol. The minimum Gasteiger partial charge on any atom is -0.494 e. The Hall–Kier alpha value is -4.41. The average molecular weight is 551 g/mol. The summed E-state index contributed by atoms with van der Waals surface area (Å²) in [6.45, 7) is 0.0315. The molecule has 11 heteroatoms. The van der Waals surface area contributed by atoms with Crippen LogP contribution < -0.4 is 15.0 Å². The van der Waals surface area contributed by atoms with E-state index in [-0.39, 0.29) is 18.2 Å². The third-order valence-corrected chi connectivity index (χ3v) is 7.27. The van der Waals surface area contributed by atoms with Crippen LogP contribution >= 0.6 is 0 Å². The molecule has 3 aromatic carbocycles. The number of nitrogens with one attached hydrogen (secondary N) is 2. The Morgan fingerprint density at radius 3 is 2.40 bits per heavy atom. The molecule has 1 saturated carbocycles. The maximum absolute atomic E-state index is 16.1. The molecule has 1 fully saturated rings. The summed E-state index contributed by atoms with van der Waals surface area (Å²) in [5, 5.41) is 15.5. The highest BCUT2D eigenvalue weighted by atomic mass is 19.2. The first-order chi connectivity index (χ1) is 19.4. The molecule has 4 aromatic rings. The van der Waals surface area contributed by atoms with Gasteiger partial charge in [0, 0.05) is 23.4 Å². The molecular formula is C29H29F3N6O2. The highest BCUT2D eigenvalue weighted by Crippen LogP contribution is 2.37. The van der Waals surface area contributed by atoms with Crippen LogP contribution in [0.4, 0.5) is 24.8 Å². The van der Waals surface area contributed by atoms with Gasteiger partial charge in [-0.1, -0.05) is 48.6 Å². The van der Waals surface area contributed by atoms with Crippen LogP contribution in [-0.2, 0) is 6.54 Å². The molecule has 0 bridgehead atoms. The fourth-order valence-electron chi connectivity index (χ4n) is 5.08. The number of tetrazole rings is 1. The number of hydrogen-bond donors (Lipinski definition) is 2. The number of benzene rings is 3. The van der Waals surface area contributed by atoms with E-state index in [4.69, 9.17) is 4.74 Å². The molecule has 1 aliphatic carbocycles. The van der Waals surface area contributed by atoms with Crippen molar-refractivity contribution in [2.75, 3.05) is 17.3 Å². The molecule has 5 rings (SSSR count). The quantitative estimate of drug-likeness (QED) is 0.232. The topological polar surface area (TPSA) is 96.0 Å². The van der Waals surface area contributed by atoms with Crippen molar-refractivity contribution in [3.8, 4) is 5.75 Å². The summed E-state index contributed by atoms with van der Waals surface area (Å²) < 4.78 is 50.4. The smallest absolute Gasteiger partial charge is 0.270 e. The number of nitrogens with zero attached hydrogens (tertiary/aromatic N) is 4. The van der Waals surface area contributed by atoms with E-state index in [1.807, 2.05) is 24.3 Å². The van der Waals surface area contributed by atoms with Crippen LogP contribution in [-0.4, -0.2) is 33.6 Å². The van der Waals surface area contributed by atoms with Gasteiger partial charge in [-0.05, 0) is 71.5 Å². The minimum atomic E-state index is -2.00. The maximum atomic E-state index is 16.1. The molecule has 0 saturated heterocycles. The molecule has 40 heavy (non-hydrogen) atoms. The zero-order valence-corrected chi connectivity index (χ0v) is 21.9. The number of H-pyrrole nitrogens is 1. The standard InChI is InChI=1S/C29H29F3N6O2/c1-40-24-16-15-23(25(30)26(24)31)27(32)38(22-13-11-20(12-14-22)19-5-3-2-4-6-19)17-18-7-9-21(10-8-18)28(39)33-29-34-36-37-35-29/h7-16,19,27H,2-6,17H2,1H3,(H2,33,34,35,36,37,39). The van der Waals surface area contributed by atoms with Crippen LogP contribution in [0, 0.1) is 11.6 Å². The lowest BCUT2D eigenvalue weighted by atomic mass is 9.84. The van der Waals surface area contributed by atoms with Gasteiger partial charge in [0.05, 0.1) is 7.11 Å². The number of anilines is 2. The average Bonchev–Trinajstić information content (AvgIpc) is 3.51. The Morgan fingerprint density at radius 1 is 1.02 bits per heavy atom. The third kappa shape index (κ3) is 5.93. The number of aromatic amines is 1. The molecule has 2 N–H and O–H groups in total. The lowest BCUT2D eigenvalue weighted by Gasteiger charge is -2.30. The Kier molecular flexibility index (Phi) is 8.28. The summed E-state index contributed by atoms with van der Waals surface area (Å²) in [6, 6.07) is 16.5. The number of amides is 1. The Bertz CT molecular complexity index is 1430. The van der Waals surface area contributed by atoms with Gasteiger partial charge in [0.2, 0.25) is 12.1 Å². The van der Waals surface area contributed by atoms with Crippen molar-refractivity contribution in [1.29, 1.82) is 0 Å². The van der Waals surface area contributed by atoms with Gasteiger partial charge in [0.25, 0.3) is 11.9 Å². The van der Waals surface area contributed by atoms with Crippen molar-refractivity contribution in [2.45, 2.75) is 50.9 Å². The van der Waals surface area contributed by atoms with E-state index in [1.165, 1.54) is 49.0 Å². The van der Waals surface area contributed by atoms with Crippen LogP contribution in [0.5, 0.6) is 5.75 Å². The number of methoxy groups -OCH3 is 1. The second-order valence-corrected chi connectivity index (χ2v) is 9.76. The third-order valence-electron chi connectivity index (χ3n) is 7.27. The number of carbonyl (C=O) groups excluding carboxylic acids is 1. The van der Waals surface area contributed by atoms with E-state index < -0.39 is 29.4 Å². The zero-order valence-electron chi connectivity index (χ0n) is 21.9. The number of carbonyl (C=O) groups is 1. The molecule has 1 aromatic heterocycles. The molecule has 1 amide bonds. The predicted octanol–water partition coefficient (Wildman–Crippen LogP) is 6.46. The maximum Gasteiger partial charge on any atom is 0.270 e. The van der Waals surface area contributed by atoms with Crippen LogP contribution in [0.3, 0.4) is 0 Å². The summed E-state index contributed by atoms with van der Waals surface area (Å²) in [5.74, 6) is -2.78. The molecule has 0 radical (unpaired) electrons. The van der Waals surface area contributed by atoms with Crippen molar-refractivity contribution < 1.29 is 22.7 Å². The summed E-state index contributed by atoms with van der Waals surface area (Å²) >= 11 is 0. The molecule has 0 aliphatic heterocycles. The molecule has 8 nitrogen and oxygen atoms in total. The van der Waals surface area contributed by atoms with Crippen molar-refractivity contribution in [3.05, 3.63) is 94.6 Å². The Labute approximate surface area is 229 Å². The van der Waals surface area contributed by atoms with Crippen molar-refractivity contribution >= 4 is 17.5 Å². The van der Waals surface area contributed by atoms with Gasteiger partial charge >= 0.3 is 0 Å². The van der Waals surface area contributed by atoms with Crippen LogP contribution in [0.25, 0.3) is 0 Å². The van der Waals surface area contributed by atoms with Gasteiger partial charge in [0.15, 0.2) is 11.6 Å². The number of aromatic nitrogens is 4. The molecule has 208 valence electrons. The first kappa shape index (κ1) is 27.2. The number of alkyl halides is 1. The summed E-state index contributed by atoms with van der Waals surface area (Å²) in [6.07, 6.45) is 3.87. The van der Waals surface area contributed by atoms with Gasteiger partial charge in [-0.3, -0.25) is 10.1 Å². The van der Waals surface area contributed by atoms with Crippen molar-refractivity contribution in [1.82, 2.24) is 20.6 Å². The van der Waals surface area contributed by atoms with E-state index in [0.717, 1.165) is 12.8 Å². The van der Waals surface area contributed by atoms with Crippen LogP contribution in [0.15, 0.2) is 60.7 Å². The zero-order chi connectivity index (χ0) is 28.1. The van der Waals surface area contributed by atoms with Crippen molar-refractivity contribution in [2.24, 2.45) is 0 Å². The van der Waals surface area contributed by atoms with Gasteiger partial charge in [-0.2, -0.15) is 9.60 Å². The van der Waals surface area contributed by atoms with Gasteiger partial charge in [-0.25, -0.2) is 8.78 Å². The largest absolute Gasteiger partial charge is 0.494 e. The first-order valence-electron chi connectivity index (χ1n) is 13.1. The Balaban J connectivity index is 1.42. The molecule has 1 aliphatic rings. The van der Waals surface area contributed by atoms with Crippen LogP contribution in [0.2, 0.25) is 0 Å². The molecule has 1 heterocycles. The van der Waals surface area contributed by atoms with E-state index >= 15 is 4.39 Å². The summed E-state index contributed by atoms with van der Waals surface area (Å²) in [4.78, 5) is 13.8. The Morgan fingerprint density at radius 2 is 1.75 bits per heavy atom. The monoisotopic (exact) mass is 550 g/mol.